The standard InChI is InChI=1S/C17H19F2N3/c1-2-20-17(21-11-13-3-7-15(18)8-4-13)22-12-14-5-9-16(19)10-6-14/h3-10H,2,11-12H2,1H3,(H2,20,21,22). The Bertz CT molecular complexity index is 607. The Morgan fingerprint density at radius 3 is 1.95 bits per heavy atom. The molecule has 0 saturated carbocycles. The number of guanidine groups is 1. The van der Waals surface area contributed by atoms with Crippen molar-refractivity contribution in [2.24, 2.45) is 4.99 Å². The number of rotatable bonds is 5. The van der Waals surface area contributed by atoms with Gasteiger partial charge in [0.15, 0.2) is 5.96 Å². The lowest BCUT2D eigenvalue weighted by molar-refractivity contribution is 0.626. The van der Waals surface area contributed by atoms with Gasteiger partial charge in [0.05, 0.1) is 6.54 Å². The number of aliphatic imine (C=N–C) groups is 1. The molecule has 0 atom stereocenters. The molecule has 116 valence electrons. The van der Waals surface area contributed by atoms with Crippen molar-refractivity contribution >= 4 is 5.96 Å². The fraction of sp³-hybridized carbons (Fsp3) is 0.235. The summed E-state index contributed by atoms with van der Waals surface area (Å²) < 4.78 is 25.7. The van der Waals surface area contributed by atoms with E-state index in [9.17, 15) is 8.78 Å². The minimum atomic E-state index is -0.255. The third-order valence-corrected chi connectivity index (χ3v) is 3.05. The maximum atomic E-state index is 12.9. The highest BCUT2D eigenvalue weighted by Gasteiger charge is 1.99. The van der Waals surface area contributed by atoms with Gasteiger partial charge >= 0.3 is 0 Å². The Balaban J connectivity index is 1.94. The molecule has 0 heterocycles. The fourth-order valence-corrected chi connectivity index (χ4v) is 1.89. The van der Waals surface area contributed by atoms with E-state index in [-0.39, 0.29) is 11.6 Å². The highest BCUT2D eigenvalue weighted by Crippen LogP contribution is 2.04. The molecule has 2 aromatic carbocycles. The fourth-order valence-electron chi connectivity index (χ4n) is 1.89. The highest BCUT2D eigenvalue weighted by molar-refractivity contribution is 5.79. The van der Waals surface area contributed by atoms with Gasteiger partial charge in [-0.3, -0.25) is 0 Å². The number of benzene rings is 2. The van der Waals surface area contributed by atoms with Crippen molar-refractivity contribution in [2.45, 2.75) is 20.0 Å². The number of hydrogen-bond donors (Lipinski definition) is 2. The van der Waals surface area contributed by atoms with Crippen LogP contribution < -0.4 is 10.6 Å². The molecule has 0 spiro atoms. The Hall–Kier alpha value is -2.43. The number of halogens is 2. The first-order valence-electron chi connectivity index (χ1n) is 7.18. The van der Waals surface area contributed by atoms with Gasteiger partial charge in [0.25, 0.3) is 0 Å². The van der Waals surface area contributed by atoms with Crippen molar-refractivity contribution in [2.75, 3.05) is 6.54 Å². The molecule has 0 bridgehead atoms. The van der Waals surface area contributed by atoms with Crippen molar-refractivity contribution < 1.29 is 8.78 Å². The van der Waals surface area contributed by atoms with E-state index in [1.807, 2.05) is 6.92 Å². The van der Waals surface area contributed by atoms with E-state index in [0.29, 0.717) is 19.0 Å². The number of nitrogens with zero attached hydrogens (tertiary/aromatic N) is 1. The lowest BCUT2D eigenvalue weighted by Crippen LogP contribution is -2.36. The largest absolute Gasteiger partial charge is 0.357 e. The minimum Gasteiger partial charge on any atom is -0.357 e. The average Bonchev–Trinajstić information content (AvgIpc) is 2.53. The molecule has 0 aliphatic rings. The van der Waals surface area contributed by atoms with Crippen molar-refractivity contribution in [1.82, 2.24) is 10.6 Å². The quantitative estimate of drug-likeness (QED) is 0.657. The van der Waals surface area contributed by atoms with Crippen LogP contribution in [0.25, 0.3) is 0 Å². The van der Waals surface area contributed by atoms with Gasteiger partial charge in [0.2, 0.25) is 0 Å². The van der Waals surface area contributed by atoms with Crippen LogP contribution >= 0.6 is 0 Å². The molecule has 0 aromatic heterocycles. The van der Waals surface area contributed by atoms with Crippen LogP contribution in [-0.4, -0.2) is 12.5 Å². The Kier molecular flexibility index (Phi) is 5.89. The van der Waals surface area contributed by atoms with Crippen molar-refractivity contribution in [3.05, 3.63) is 71.3 Å². The summed E-state index contributed by atoms with van der Waals surface area (Å²) in [5, 5.41) is 6.32. The molecule has 0 fully saturated rings. The molecule has 22 heavy (non-hydrogen) atoms. The Morgan fingerprint density at radius 2 is 1.41 bits per heavy atom. The van der Waals surface area contributed by atoms with Gasteiger partial charge in [0, 0.05) is 13.1 Å². The van der Waals surface area contributed by atoms with Crippen molar-refractivity contribution in [1.29, 1.82) is 0 Å². The first-order chi connectivity index (χ1) is 10.7. The second-order valence-corrected chi connectivity index (χ2v) is 4.80. The van der Waals surface area contributed by atoms with Gasteiger partial charge in [-0.1, -0.05) is 24.3 Å². The summed E-state index contributed by atoms with van der Waals surface area (Å²) in [5.41, 5.74) is 1.90. The van der Waals surface area contributed by atoms with Gasteiger partial charge in [-0.05, 0) is 42.3 Å². The molecule has 2 N–H and O–H groups in total. The van der Waals surface area contributed by atoms with E-state index in [4.69, 9.17) is 0 Å². The predicted octanol–water partition coefficient (Wildman–Crippen LogP) is 3.22. The van der Waals surface area contributed by atoms with E-state index < -0.39 is 0 Å². The third kappa shape index (κ3) is 5.16. The SMILES string of the molecule is CCNC(=NCc1ccc(F)cc1)NCc1ccc(F)cc1. The van der Waals surface area contributed by atoms with Crippen LogP contribution in [0, 0.1) is 11.6 Å². The Morgan fingerprint density at radius 1 is 0.864 bits per heavy atom. The number of hydrogen-bond acceptors (Lipinski definition) is 1. The lowest BCUT2D eigenvalue weighted by atomic mass is 10.2. The zero-order valence-electron chi connectivity index (χ0n) is 12.4. The average molecular weight is 303 g/mol. The number of nitrogens with one attached hydrogen (secondary N) is 2. The maximum absolute atomic E-state index is 12.9. The molecule has 0 amide bonds. The van der Waals surface area contributed by atoms with Gasteiger partial charge in [-0.25, -0.2) is 13.8 Å². The van der Waals surface area contributed by atoms with Gasteiger partial charge in [-0.15, -0.1) is 0 Å². The molecule has 0 saturated heterocycles. The van der Waals surface area contributed by atoms with Crippen molar-refractivity contribution in [3.8, 4) is 0 Å². The van der Waals surface area contributed by atoms with E-state index >= 15 is 0 Å². The normalized spacial score (nSPS) is 11.3. The molecule has 2 rings (SSSR count). The summed E-state index contributed by atoms with van der Waals surface area (Å²) in [6, 6.07) is 12.6. The summed E-state index contributed by atoms with van der Waals surface area (Å²) >= 11 is 0. The molecule has 0 aliphatic heterocycles. The molecular weight excluding hydrogens is 284 g/mol. The third-order valence-electron chi connectivity index (χ3n) is 3.05. The van der Waals surface area contributed by atoms with E-state index in [0.717, 1.165) is 17.7 Å². The summed E-state index contributed by atoms with van der Waals surface area (Å²) in [7, 11) is 0. The van der Waals surface area contributed by atoms with Gasteiger partial charge in [-0.2, -0.15) is 0 Å². The first kappa shape index (κ1) is 15.9. The molecule has 0 aliphatic carbocycles. The molecule has 0 unspecified atom stereocenters. The summed E-state index contributed by atoms with van der Waals surface area (Å²) in [6.07, 6.45) is 0. The second kappa shape index (κ2) is 8.12. The molecule has 3 nitrogen and oxygen atoms in total. The van der Waals surface area contributed by atoms with Gasteiger partial charge in [0.1, 0.15) is 11.6 Å². The van der Waals surface area contributed by atoms with Crippen LogP contribution in [0.1, 0.15) is 18.1 Å². The monoisotopic (exact) mass is 303 g/mol. The Labute approximate surface area is 129 Å². The summed E-state index contributed by atoms with van der Waals surface area (Å²) in [6.45, 7) is 3.72. The van der Waals surface area contributed by atoms with Crippen LogP contribution in [0.2, 0.25) is 0 Å². The van der Waals surface area contributed by atoms with Crippen LogP contribution in [0.3, 0.4) is 0 Å². The minimum absolute atomic E-state index is 0.249. The zero-order chi connectivity index (χ0) is 15.8. The van der Waals surface area contributed by atoms with Crippen LogP contribution in [0.5, 0.6) is 0 Å². The topological polar surface area (TPSA) is 36.4 Å². The smallest absolute Gasteiger partial charge is 0.191 e. The lowest BCUT2D eigenvalue weighted by Gasteiger charge is -2.11. The van der Waals surface area contributed by atoms with Crippen LogP contribution in [0.4, 0.5) is 8.78 Å². The van der Waals surface area contributed by atoms with Crippen LogP contribution in [0.15, 0.2) is 53.5 Å². The van der Waals surface area contributed by atoms with Crippen molar-refractivity contribution in [3.63, 3.8) is 0 Å². The summed E-state index contributed by atoms with van der Waals surface area (Å²) in [5.74, 6) is 0.158. The van der Waals surface area contributed by atoms with E-state index in [1.54, 1.807) is 24.3 Å². The summed E-state index contributed by atoms with van der Waals surface area (Å²) in [4.78, 5) is 4.44. The maximum Gasteiger partial charge on any atom is 0.191 e. The van der Waals surface area contributed by atoms with E-state index in [1.165, 1.54) is 24.3 Å². The zero-order valence-corrected chi connectivity index (χ0v) is 12.4. The predicted molar refractivity (Wildman–Crippen MR) is 84.5 cm³/mol. The van der Waals surface area contributed by atoms with Crippen LogP contribution in [-0.2, 0) is 13.1 Å². The second-order valence-electron chi connectivity index (χ2n) is 4.80. The first-order valence-corrected chi connectivity index (χ1v) is 7.18. The molecule has 5 heteroatoms. The van der Waals surface area contributed by atoms with Gasteiger partial charge < -0.3 is 10.6 Å². The van der Waals surface area contributed by atoms with E-state index in [2.05, 4.69) is 15.6 Å². The molecular formula is C17H19F2N3. The molecule has 2 aromatic rings. The highest BCUT2D eigenvalue weighted by atomic mass is 19.1. The molecule has 0 radical (unpaired) electrons.